The molecule has 3 aromatic carbocycles. The number of nitrogens with zero attached hydrogens (tertiary/aromatic N) is 2. The number of ether oxygens (including phenoxy) is 1. The molecule has 6 atom stereocenters. The van der Waals surface area contributed by atoms with Gasteiger partial charge < -0.3 is 9.84 Å². The highest BCUT2D eigenvalue weighted by atomic mass is 35.5. The van der Waals surface area contributed by atoms with E-state index in [4.69, 9.17) is 16.3 Å². The minimum atomic E-state index is -1.38. The molecule has 0 aromatic heterocycles. The summed E-state index contributed by atoms with van der Waals surface area (Å²) in [6.07, 6.45) is 3.28. The Morgan fingerprint density at radius 3 is 2.41 bits per heavy atom. The Bertz CT molecular complexity index is 1790. The van der Waals surface area contributed by atoms with Gasteiger partial charge in [0.05, 0.1) is 35.5 Å². The smallest absolute Gasteiger partial charge is 0.246 e. The average molecular weight is 639 g/mol. The summed E-state index contributed by atoms with van der Waals surface area (Å²) in [7, 11) is 0. The highest BCUT2D eigenvalue weighted by molar-refractivity contribution is 6.32. The van der Waals surface area contributed by atoms with Gasteiger partial charge in [0.15, 0.2) is 11.5 Å². The Labute approximate surface area is 272 Å². The zero-order valence-corrected chi connectivity index (χ0v) is 26.4. The van der Waals surface area contributed by atoms with Gasteiger partial charge in [-0.2, -0.15) is 0 Å². The number of halogens is 1. The van der Waals surface area contributed by atoms with Gasteiger partial charge in [0.1, 0.15) is 0 Å². The summed E-state index contributed by atoms with van der Waals surface area (Å²) < 4.78 is 5.80. The summed E-state index contributed by atoms with van der Waals surface area (Å²) in [5, 5.41) is 11.1. The Hall–Kier alpha value is -4.43. The number of rotatable bonds is 7. The normalized spacial score (nSPS) is 28.6. The molecule has 236 valence electrons. The molecule has 2 saturated heterocycles. The third-order valence-corrected chi connectivity index (χ3v) is 10.6. The molecule has 9 heteroatoms. The van der Waals surface area contributed by atoms with Crippen molar-refractivity contribution in [1.82, 2.24) is 4.90 Å². The number of amides is 4. The second kappa shape index (κ2) is 11.4. The molecule has 0 unspecified atom stereocenters. The van der Waals surface area contributed by atoms with Gasteiger partial charge in [0.2, 0.25) is 23.6 Å². The predicted molar refractivity (Wildman–Crippen MR) is 172 cm³/mol. The summed E-state index contributed by atoms with van der Waals surface area (Å²) in [5.74, 6) is -4.00. The third-order valence-electron chi connectivity index (χ3n) is 10.3. The zero-order valence-electron chi connectivity index (χ0n) is 25.7. The quantitative estimate of drug-likeness (QED) is 0.251. The first-order chi connectivity index (χ1) is 22.2. The molecule has 2 heterocycles. The van der Waals surface area contributed by atoms with Gasteiger partial charge in [-0.1, -0.05) is 72.6 Å². The van der Waals surface area contributed by atoms with Crippen LogP contribution in [0.4, 0.5) is 5.69 Å². The lowest BCUT2D eigenvalue weighted by molar-refractivity contribution is -0.140. The monoisotopic (exact) mass is 638 g/mol. The van der Waals surface area contributed by atoms with Crippen LogP contribution in [-0.4, -0.2) is 46.8 Å². The van der Waals surface area contributed by atoms with E-state index in [0.29, 0.717) is 47.8 Å². The van der Waals surface area contributed by atoms with Crippen molar-refractivity contribution in [3.8, 4) is 11.5 Å². The number of fused-ring (bicyclic) bond motifs is 4. The van der Waals surface area contributed by atoms with E-state index in [1.165, 1.54) is 9.80 Å². The molecule has 3 aromatic rings. The van der Waals surface area contributed by atoms with Crippen molar-refractivity contribution >= 4 is 40.9 Å². The molecule has 2 aliphatic heterocycles. The van der Waals surface area contributed by atoms with Crippen molar-refractivity contribution in [2.45, 2.75) is 44.4 Å². The van der Waals surface area contributed by atoms with Crippen molar-refractivity contribution < 1.29 is 29.0 Å². The molecule has 4 aliphatic rings. The molecule has 7 rings (SSSR count). The summed E-state index contributed by atoms with van der Waals surface area (Å²) >= 11 is 6.37. The van der Waals surface area contributed by atoms with Gasteiger partial charge in [-0.25, -0.2) is 4.90 Å². The molecule has 1 saturated carbocycles. The Balaban J connectivity index is 1.50. The summed E-state index contributed by atoms with van der Waals surface area (Å²) in [5.41, 5.74) is 1.22. The Morgan fingerprint density at radius 1 is 0.913 bits per heavy atom. The number of benzene rings is 3. The number of anilines is 1. The van der Waals surface area contributed by atoms with Crippen LogP contribution in [0.3, 0.4) is 0 Å². The standard InChI is InChI=1S/C37H35ClN2O6/c1-3-17-39-33(42)26-15-14-25-27(31(26)35(39)44)20-28-34(43)40(24-12-8-11-23(38)19-24)36(45)37(28,22-9-6-5-7-10-22)32(25)21-13-16-29(41)30(18-21)46-4-2/h5-14,16,18-19,26-28,31-32,41H,3-4,15,17,20H2,1-2H3/t26-,27+,28-,31-,32-,37+/m0/s1. The van der Waals surface area contributed by atoms with Gasteiger partial charge in [0, 0.05) is 17.5 Å². The number of aromatic hydroxyl groups is 1. The van der Waals surface area contributed by atoms with Gasteiger partial charge in [0.25, 0.3) is 0 Å². The molecule has 4 amide bonds. The van der Waals surface area contributed by atoms with Gasteiger partial charge >= 0.3 is 0 Å². The van der Waals surface area contributed by atoms with E-state index in [2.05, 4.69) is 0 Å². The molecule has 0 spiro atoms. The van der Waals surface area contributed by atoms with E-state index < -0.39 is 35.0 Å². The lowest BCUT2D eigenvalue weighted by Gasteiger charge is -2.50. The van der Waals surface area contributed by atoms with Gasteiger partial charge in [-0.05, 0) is 73.6 Å². The molecule has 46 heavy (non-hydrogen) atoms. The van der Waals surface area contributed by atoms with E-state index >= 15 is 4.79 Å². The third kappa shape index (κ3) is 4.26. The van der Waals surface area contributed by atoms with E-state index in [1.54, 1.807) is 42.5 Å². The second-order valence-electron chi connectivity index (χ2n) is 12.6. The van der Waals surface area contributed by atoms with Crippen LogP contribution in [0, 0.1) is 23.7 Å². The molecule has 1 N–H and O–H groups in total. The highest BCUT2D eigenvalue weighted by Crippen LogP contribution is 2.64. The molecule has 3 fully saturated rings. The summed E-state index contributed by atoms with van der Waals surface area (Å²) in [4.78, 5) is 60.1. The van der Waals surface area contributed by atoms with Crippen LogP contribution in [-0.2, 0) is 24.6 Å². The minimum absolute atomic E-state index is 0.0397. The maximum absolute atomic E-state index is 15.2. The first-order valence-electron chi connectivity index (χ1n) is 15.9. The molecular formula is C37H35ClN2O6. The van der Waals surface area contributed by atoms with E-state index in [-0.39, 0.29) is 41.5 Å². The molecular weight excluding hydrogens is 604 g/mol. The van der Waals surface area contributed by atoms with Crippen molar-refractivity contribution in [1.29, 1.82) is 0 Å². The van der Waals surface area contributed by atoms with Crippen LogP contribution in [0.1, 0.15) is 50.2 Å². The van der Waals surface area contributed by atoms with Crippen molar-refractivity contribution in [2.75, 3.05) is 18.1 Å². The topological polar surface area (TPSA) is 104 Å². The fourth-order valence-corrected chi connectivity index (χ4v) is 8.79. The molecule has 0 bridgehead atoms. The lowest BCUT2D eigenvalue weighted by Crippen LogP contribution is -2.53. The van der Waals surface area contributed by atoms with Crippen LogP contribution >= 0.6 is 11.6 Å². The van der Waals surface area contributed by atoms with Crippen molar-refractivity contribution in [3.63, 3.8) is 0 Å². The second-order valence-corrected chi connectivity index (χ2v) is 13.0. The maximum Gasteiger partial charge on any atom is 0.246 e. The van der Waals surface area contributed by atoms with Gasteiger partial charge in [-0.3, -0.25) is 24.1 Å². The van der Waals surface area contributed by atoms with Crippen molar-refractivity contribution in [3.05, 3.63) is 101 Å². The van der Waals surface area contributed by atoms with Gasteiger partial charge in [-0.15, -0.1) is 0 Å². The SMILES string of the molecule is CCCN1C(=O)[C@H]2[C@H](CC=C3[C@H]2C[C@H]2C(=O)N(c4cccc(Cl)c4)C(=O)[C@@]2(c2ccccc2)[C@H]3c2ccc(O)c(OCC)c2)C1=O. The summed E-state index contributed by atoms with van der Waals surface area (Å²) in [6.45, 7) is 4.42. The number of phenolic OH excluding ortho intramolecular Hbond substituents is 1. The molecule has 2 aliphatic carbocycles. The Kier molecular flexibility index (Phi) is 7.51. The van der Waals surface area contributed by atoms with Crippen LogP contribution in [0.15, 0.2) is 84.4 Å². The first kappa shape index (κ1) is 30.2. The zero-order chi connectivity index (χ0) is 32.3. The average Bonchev–Trinajstić information content (AvgIpc) is 3.43. The highest BCUT2D eigenvalue weighted by Gasteiger charge is 2.70. The fourth-order valence-electron chi connectivity index (χ4n) is 8.61. The van der Waals surface area contributed by atoms with Crippen LogP contribution < -0.4 is 9.64 Å². The Morgan fingerprint density at radius 2 is 1.70 bits per heavy atom. The fraction of sp³-hybridized carbons (Fsp3) is 0.351. The lowest BCUT2D eigenvalue weighted by atomic mass is 9.49. The van der Waals surface area contributed by atoms with E-state index in [1.807, 2.05) is 50.3 Å². The maximum atomic E-state index is 15.2. The van der Waals surface area contributed by atoms with Crippen molar-refractivity contribution in [2.24, 2.45) is 23.7 Å². The predicted octanol–water partition coefficient (Wildman–Crippen LogP) is 6.02. The number of carbonyl (C=O) groups excluding carboxylic acids is 4. The number of imide groups is 2. The molecule has 8 nitrogen and oxygen atoms in total. The van der Waals surface area contributed by atoms with Crippen LogP contribution in [0.25, 0.3) is 0 Å². The largest absolute Gasteiger partial charge is 0.504 e. The first-order valence-corrected chi connectivity index (χ1v) is 16.3. The number of likely N-dealkylation sites (tertiary alicyclic amines) is 1. The number of hydrogen-bond donors (Lipinski definition) is 1. The molecule has 0 radical (unpaired) electrons. The van der Waals surface area contributed by atoms with Crippen LogP contribution in [0.5, 0.6) is 11.5 Å². The van der Waals surface area contributed by atoms with E-state index in [9.17, 15) is 19.5 Å². The number of allylic oxidation sites excluding steroid dienone is 2. The number of carbonyl (C=O) groups is 4. The number of hydrogen-bond acceptors (Lipinski definition) is 6. The minimum Gasteiger partial charge on any atom is -0.504 e. The number of phenols is 1. The summed E-state index contributed by atoms with van der Waals surface area (Å²) in [6, 6.07) is 21.1. The van der Waals surface area contributed by atoms with E-state index in [0.717, 1.165) is 5.57 Å². The van der Waals surface area contributed by atoms with Crippen LogP contribution in [0.2, 0.25) is 5.02 Å².